The number of hydrogen-bond acceptors (Lipinski definition) is 16. The maximum Gasteiger partial charge on any atom is 0.681 e. The van der Waals surface area contributed by atoms with Gasteiger partial charge < -0.3 is 49.6 Å². The molecule has 2 aromatic carbocycles. The average Bonchev–Trinajstić information content (AvgIpc) is 3.85. The van der Waals surface area contributed by atoms with Crippen LogP contribution in [0.3, 0.4) is 0 Å². The minimum Gasteiger partial charge on any atom is -0.478 e. The topological polar surface area (TPSA) is 384 Å². The number of phosphoric acid groups is 2. The molecule has 78 heavy (non-hydrogen) atoms. The number of carbonyl (C=O) groups is 3. The molecule has 3 amide bonds. The highest BCUT2D eigenvalue weighted by Gasteiger charge is 2.48. The van der Waals surface area contributed by atoms with E-state index >= 15 is 0 Å². The highest BCUT2D eigenvalue weighted by atomic mass is 33.1. The summed E-state index contributed by atoms with van der Waals surface area (Å²) in [4.78, 5) is 106. The molecule has 0 radical (unpaired) electrons. The van der Waals surface area contributed by atoms with E-state index in [1.54, 1.807) is 6.07 Å². The highest BCUT2D eigenvalue weighted by molar-refractivity contribution is 8.76. The van der Waals surface area contributed by atoms with Crippen molar-refractivity contribution < 1.29 is 84.8 Å². The molecule has 12 N–H and O–H groups in total. The second kappa shape index (κ2) is 28.0. The molecule has 6 rings (SSSR count). The van der Waals surface area contributed by atoms with Crippen LogP contribution in [-0.4, -0.2) is 114 Å². The Hall–Kier alpha value is -5.59. The summed E-state index contributed by atoms with van der Waals surface area (Å²) >= 11 is 0. The summed E-state index contributed by atoms with van der Waals surface area (Å²) in [5, 5.41) is 23.3. The van der Waals surface area contributed by atoms with Gasteiger partial charge in [0.25, 0.3) is 11.5 Å². The molecule has 0 saturated carbocycles. The molecule has 31 heteroatoms. The zero-order chi connectivity index (χ0) is 56.8. The molecular formula is C47H60N7O19P3S2+2. The molecule has 26 nitrogen and oxygen atoms in total. The van der Waals surface area contributed by atoms with Gasteiger partial charge in [-0.05, 0) is 107 Å². The fourth-order valence-electron chi connectivity index (χ4n) is 8.02. The predicted octanol–water partition coefficient (Wildman–Crippen LogP) is 4.33. The van der Waals surface area contributed by atoms with Crippen molar-refractivity contribution in [1.82, 2.24) is 25.5 Å². The summed E-state index contributed by atoms with van der Waals surface area (Å²) in [5.41, 5.74) is 3.54. The van der Waals surface area contributed by atoms with Gasteiger partial charge in [-0.25, -0.2) is 33.1 Å². The SMILES string of the molecule is CCNc1cc2oc3cc(=[NH+]CC)c(C)cc-3c(-c3cc(C(=O)NCCSSCOCCCCCNC(=O)NC#Cc4cn([C@H]5CC[C@@H](COP(=O)(O)OP(O)(=[OH+])OP(=O)(O)O)O5)c(=O)[nH]c4=O)ccc3C(=O)O)c2cc1C. The number of hydrogen-bond donors (Lipinski definition) is 11. The Kier molecular flexibility index (Phi) is 22.1. The predicted molar refractivity (Wildman–Crippen MR) is 290 cm³/mol. The smallest absolute Gasteiger partial charge is 0.478 e. The van der Waals surface area contributed by atoms with E-state index < -0.39 is 65.7 Å². The van der Waals surface area contributed by atoms with Crippen LogP contribution in [0.5, 0.6) is 0 Å². The number of fused-ring (bicyclic) bond motifs is 2. The van der Waals surface area contributed by atoms with Crippen LogP contribution in [0.2, 0.25) is 0 Å². The summed E-state index contributed by atoms with van der Waals surface area (Å²) in [7, 11) is -13.3. The van der Waals surface area contributed by atoms with Crippen molar-refractivity contribution >= 4 is 79.6 Å². The second-order valence-electron chi connectivity index (χ2n) is 17.3. The first-order chi connectivity index (χ1) is 37.0. The fraction of sp³-hybridized carbons (Fsp3) is 0.404. The van der Waals surface area contributed by atoms with Gasteiger partial charge in [-0.15, -0.1) is 8.62 Å². The van der Waals surface area contributed by atoms with E-state index in [-0.39, 0.29) is 29.9 Å². The first-order valence-corrected chi connectivity index (χ1v) is 31.2. The molecule has 1 aliphatic carbocycles. The zero-order valence-corrected chi connectivity index (χ0v) is 46.9. The number of anilines is 1. The van der Waals surface area contributed by atoms with Gasteiger partial charge in [0.1, 0.15) is 35.6 Å². The number of amides is 3. The van der Waals surface area contributed by atoms with Crippen LogP contribution in [0, 0.1) is 25.8 Å². The first kappa shape index (κ1) is 61.6. The third-order valence-electron chi connectivity index (χ3n) is 11.4. The number of carbonyl (C=O) groups excluding carboxylic acids is 2. The normalized spacial score (nSPS) is 16.3. The average molecular weight is 1180 g/mol. The van der Waals surface area contributed by atoms with E-state index in [1.165, 1.54) is 33.7 Å². The third kappa shape index (κ3) is 17.7. The molecule has 0 spiro atoms. The molecule has 1 fully saturated rings. The summed E-state index contributed by atoms with van der Waals surface area (Å²) in [6.45, 7) is 9.80. The Morgan fingerprint density at radius 2 is 1.73 bits per heavy atom. The first-order valence-electron chi connectivity index (χ1n) is 24.1. The Balaban J connectivity index is 0.888. The van der Waals surface area contributed by atoms with E-state index in [0.717, 1.165) is 45.8 Å². The number of aromatic carboxylic acids is 1. The van der Waals surface area contributed by atoms with Crippen LogP contribution >= 0.6 is 45.1 Å². The monoisotopic (exact) mass is 1180 g/mol. The summed E-state index contributed by atoms with van der Waals surface area (Å²) in [6.07, 6.45) is 1.48. The lowest BCUT2D eigenvalue weighted by atomic mass is 9.88. The Morgan fingerprint density at radius 1 is 0.949 bits per heavy atom. The number of H-pyrrole nitrogens is 1. The van der Waals surface area contributed by atoms with Crippen molar-refractivity contribution in [3.63, 3.8) is 0 Å². The van der Waals surface area contributed by atoms with E-state index in [4.69, 9.17) is 23.7 Å². The van der Waals surface area contributed by atoms with E-state index in [9.17, 15) is 52.6 Å². The van der Waals surface area contributed by atoms with Gasteiger partial charge in [-0.3, -0.25) is 33.9 Å². The molecule has 422 valence electrons. The third-order valence-corrected chi connectivity index (χ3v) is 17.4. The van der Waals surface area contributed by atoms with Crippen molar-refractivity contribution in [2.24, 2.45) is 0 Å². The van der Waals surface area contributed by atoms with Crippen LogP contribution in [0.15, 0.2) is 62.7 Å². The number of nitrogens with one attached hydrogen (secondary N) is 6. The summed E-state index contributed by atoms with van der Waals surface area (Å²) < 4.78 is 63.3. The number of ether oxygens (including phenoxy) is 2. The Morgan fingerprint density at radius 3 is 2.46 bits per heavy atom. The molecule has 2 aliphatic heterocycles. The molecule has 2 unspecified atom stereocenters. The van der Waals surface area contributed by atoms with Gasteiger partial charge in [-0.2, -0.15) is 0 Å². The van der Waals surface area contributed by atoms with Gasteiger partial charge in [0.15, 0.2) is 0 Å². The quantitative estimate of drug-likeness (QED) is 0.00536. The minimum absolute atomic E-state index is 0.0487. The second-order valence-corrected chi connectivity index (χ2v) is 24.2. The number of aryl methyl sites for hydroxylation is 2. The molecule has 3 heterocycles. The number of carboxylic acids is 1. The van der Waals surface area contributed by atoms with Gasteiger partial charge in [-0.1, -0.05) is 21.6 Å². The summed E-state index contributed by atoms with van der Waals surface area (Å²) in [5.74, 6) is 2.53. The lowest BCUT2D eigenvalue weighted by Crippen LogP contribution is -2.76. The number of aromatic amines is 1. The molecule has 1 aromatic heterocycles. The maximum atomic E-state index is 13.5. The standard InChI is InChI=1S/C47H58N7O19P3S2/c1-5-48-37-23-39-35(20-28(37)3)42(36-21-29(4)38(49-6-2)24-40(36)71-39)34-22-30(10-12-33(34)45(57)58)43(55)50-17-19-77-78-27-68-18-9-7-8-15-51-46(59)52-16-14-31-25-54(47(60)53-44(31)56)41-13-11-32(70-41)26-69-75(64,65)73-76(66,67)72-74(61,62)63/h10,12,20-25,32,41,48H,5-9,11,13,15,17-19,26-27H2,1-4H3,(H,50,55)(H,57,58)(H,64,65)(H,66,67)(H2,51,52,59)(H,53,56,60)(H2,61,62,63)/p+2/t32-,41+/m0/s1. The number of aromatic nitrogens is 2. The highest BCUT2D eigenvalue weighted by Crippen LogP contribution is 2.66. The van der Waals surface area contributed by atoms with Crippen LogP contribution in [0.1, 0.15) is 89.6 Å². The molecule has 0 bridgehead atoms. The van der Waals surface area contributed by atoms with E-state index in [2.05, 4.69) is 56.4 Å². The molecule has 3 aliphatic rings. The largest absolute Gasteiger partial charge is 0.681 e. The van der Waals surface area contributed by atoms with Crippen molar-refractivity contribution in [1.29, 1.82) is 0 Å². The minimum atomic E-state index is -5.52. The molecule has 1 saturated heterocycles. The number of nitrogens with zero attached hydrogens (tertiary/aromatic N) is 1. The maximum absolute atomic E-state index is 13.5. The van der Waals surface area contributed by atoms with Crippen molar-refractivity contribution in [3.8, 4) is 34.4 Å². The number of phosphoric ester groups is 1. The van der Waals surface area contributed by atoms with Crippen LogP contribution in [0.4, 0.5) is 10.5 Å². The number of benzene rings is 3. The van der Waals surface area contributed by atoms with Crippen LogP contribution < -0.4 is 42.9 Å². The van der Waals surface area contributed by atoms with Gasteiger partial charge in [0.2, 0.25) is 5.36 Å². The summed E-state index contributed by atoms with van der Waals surface area (Å²) in [6, 6.07) is 14.1. The lowest BCUT2D eigenvalue weighted by Gasteiger charge is -2.19. The molecular weight excluding hydrogens is 1120 g/mol. The molecule has 3 aromatic rings. The van der Waals surface area contributed by atoms with E-state index in [1.807, 2.05) is 52.0 Å². The van der Waals surface area contributed by atoms with Crippen LogP contribution in [0.25, 0.3) is 33.4 Å². The number of urea groups is 1. The fourth-order valence-corrected chi connectivity index (χ4v) is 12.7. The van der Waals surface area contributed by atoms with Crippen LogP contribution in [-0.2, 0) is 31.7 Å². The van der Waals surface area contributed by atoms with E-state index in [0.29, 0.717) is 89.9 Å². The number of carboxylic acid groups (broad SMARTS) is 1. The number of rotatable bonds is 26. The number of unbranched alkanes of at least 4 members (excludes halogenated alkanes) is 2. The molecule has 4 atom stereocenters. The van der Waals surface area contributed by atoms with Crippen molar-refractivity contribution in [2.45, 2.75) is 72.1 Å². The van der Waals surface area contributed by atoms with Crippen molar-refractivity contribution in [2.75, 3.05) is 56.4 Å². The van der Waals surface area contributed by atoms with Crippen molar-refractivity contribution in [3.05, 3.63) is 103 Å². The lowest BCUT2D eigenvalue weighted by molar-refractivity contribution is -0.496. The Bertz CT molecular complexity index is 3390. The van der Waals surface area contributed by atoms with Gasteiger partial charge in [0.05, 0.1) is 24.3 Å². The zero-order valence-electron chi connectivity index (χ0n) is 42.6. The van der Waals surface area contributed by atoms with Gasteiger partial charge >= 0.3 is 41.2 Å². The van der Waals surface area contributed by atoms with Gasteiger partial charge in [0, 0.05) is 83.6 Å². The Labute approximate surface area is 453 Å².